The number of benzene rings is 2. The zero-order valence-corrected chi connectivity index (χ0v) is 19.5. The fourth-order valence-electron chi connectivity index (χ4n) is 3.23. The maximum Gasteiger partial charge on any atom is 0.262 e. The molecule has 2 aromatic heterocycles. The molecule has 0 bridgehead atoms. The summed E-state index contributed by atoms with van der Waals surface area (Å²) in [5, 5.41) is 5.23. The molecule has 0 N–H and O–H groups in total. The van der Waals surface area contributed by atoms with Gasteiger partial charge in [-0.1, -0.05) is 47.6 Å². The van der Waals surface area contributed by atoms with Gasteiger partial charge in [0.05, 0.1) is 21.6 Å². The number of ether oxygens (including phenoxy) is 1. The third-order valence-electron chi connectivity index (χ3n) is 4.77. The molecular formula is C23H22ClN3O2S2. The molecule has 0 aliphatic heterocycles. The number of nitrogens with zero attached hydrogens (tertiary/aromatic N) is 3. The Morgan fingerprint density at radius 3 is 2.74 bits per heavy atom. The highest BCUT2D eigenvalue weighted by atomic mass is 35.5. The molecule has 31 heavy (non-hydrogen) atoms. The molecule has 0 saturated carbocycles. The molecule has 0 amide bonds. The van der Waals surface area contributed by atoms with Gasteiger partial charge in [-0.05, 0) is 36.2 Å². The second-order valence-corrected chi connectivity index (χ2v) is 9.36. The molecule has 160 valence electrons. The van der Waals surface area contributed by atoms with Crippen molar-refractivity contribution in [2.45, 2.75) is 30.3 Å². The minimum Gasteiger partial charge on any atom is -0.385 e. The summed E-state index contributed by atoms with van der Waals surface area (Å²) in [5.74, 6) is 0.659. The summed E-state index contributed by atoms with van der Waals surface area (Å²) in [5.41, 5.74) is 2.89. The van der Waals surface area contributed by atoms with Crippen molar-refractivity contribution in [1.82, 2.24) is 14.5 Å². The fraction of sp³-hybridized carbons (Fsp3) is 0.261. The molecule has 0 saturated heterocycles. The van der Waals surface area contributed by atoms with Crippen molar-refractivity contribution in [2.75, 3.05) is 13.7 Å². The Labute approximate surface area is 194 Å². The first-order valence-electron chi connectivity index (χ1n) is 9.93. The molecule has 0 spiro atoms. The second-order valence-electron chi connectivity index (χ2n) is 7.04. The third-order valence-corrected chi connectivity index (χ3v) is 6.93. The van der Waals surface area contributed by atoms with Crippen LogP contribution in [0.15, 0.2) is 63.9 Å². The molecule has 0 aliphatic carbocycles. The topological polar surface area (TPSA) is 57.0 Å². The summed E-state index contributed by atoms with van der Waals surface area (Å²) in [7, 11) is 1.67. The van der Waals surface area contributed by atoms with Crippen molar-refractivity contribution >= 4 is 45.6 Å². The highest BCUT2D eigenvalue weighted by Gasteiger charge is 2.13. The predicted molar refractivity (Wildman–Crippen MR) is 128 cm³/mol. The van der Waals surface area contributed by atoms with Crippen LogP contribution in [0.3, 0.4) is 0 Å². The van der Waals surface area contributed by atoms with Crippen molar-refractivity contribution in [1.29, 1.82) is 0 Å². The molecule has 0 radical (unpaired) electrons. The average Bonchev–Trinajstić information content (AvgIpc) is 3.23. The highest BCUT2D eigenvalue weighted by molar-refractivity contribution is 7.98. The maximum absolute atomic E-state index is 13.0. The van der Waals surface area contributed by atoms with Crippen LogP contribution in [-0.2, 0) is 23.5 Å². The Bertz CT molecular complexity index is 1220. The van der Waals surface area contributed by atoms with Gasteiger partial charge < -0.3 is 4.74 Å². The Hall–Kier alpha value is -2.19. The Morgan fingerprint density at radius 2 is 1.94 bits per heavy atom. The van der Waals surface area contributed by atoms with E-state index in [2.05, 4.69) is 5.38 Å². The standard InChI is InChI=1S/C23H22ClN3O2S2/c1-29-12-4-11-27-22(28)19-5-2-3-6-20(19)26-23(27)31-15-18-14-30-21(25-18)13-16-7-9-17(24)10-8-16/h2-3,5-10,14H,4,11-13,15H2,1H3. The van der Waals surface area contributed by atoms with Gasteiger partial charge in [0.25, 0.3) is 5.56 Å². The predicted octanol–water partition coefficient (Wildman–Crippen LogP) is 5.43. The second kappa shape index (κ2) is 10.4. The van der Waals surface area contributed by atoms with Crippen LogP contribution in [-0.4, -0.2) is 28.3 Å². The lowest BCUT2D eigenvalue weighted by atomic mass is 10.2. The number of hydrogen-bond acceptors (Lipinski definition) is 6. The first kappa shape index (κ1) is 22.0. The lowest BCUT2D eigenvalue weighted by Gasteiger charge is -2.12. The SMILES string of the molecule is COCCCn1c(SCc2csc(Cc3ccc(Cl)cc3)n2)nc2ccccc2c1=O. The van der Waals surface area contributed by atoms with E-state index in [0.29, 0.717) is 29.4 Å². The average molecular weight is 472 g/mol. The molecule has 0 fully saturated rings. The highest BCUT2D eigenvalue weighted by Crippen LogP contribution is 2.24. The van der Waals surface area contributed by atoms with E-state index in [1.165, 1.54) is 5.56 Å². The van der Waals surface area contributed by atoms with Crippen LogP contribution in [0.1, 0.15) is 22.7 Å². The lowest BCUT2D eigenvalue weighted by molar-refractivity contribution is 0.189. The largest absolute Gasteiger partial charge is 0.385 e. The van der Waals surface area contributed by atoms with E-state index in [1.54, 1.807) is 34.8 Å². The number of para-hydroxylation sites is 1. The van der Waals surface area contributed by atoms with E-state index in [-0.39, 0.29) is 5.56 Å². The molecule has 0 unspecified atom stereocenters. The summed E-state index contributed by atoms with van der Waals surface area (Å²) in [6.07, 6.45) is 1.54. The van der Waals surface area contributed by atoms with Crippen molar-refractivity contribution < 1.29 is 4.74 Å². The van der Waals surface area contributed by atoms with E-state index in [0.717, 1.165) is 34.1 Å². The van der Waals surface area contributed by atoms with Crippen LogP contribution in [0.5, 0.6) is 0 Å². The number of thiazole rings is 1. The van der Waals surface area contributed by atoms with Crippen LogP contribution < -0.4 is 5.56 Å². The molecule has 2 aromatic carbocycles. The maximum atomic E-state index is 13.0. The number of thioether (sulfide) groups is 1. The Kier molecular flexibility index (Phi) is 7.40. The monoisotopic (exact) mass is 471 g/mol. The number of methoxy groups -OCH3 is 1. The first-order chi connectivity index (χ1) is 15.1. The first-order valence-corrected chi connectivity index (χ1v) is 12.2. The summed E-state index contributed by atoms with van der Waals surface area (Å²) in [4.78, 5) is 22.6. The molecular weight excluding hydrogens is 450 g/mol. The zero-order chi connectivity index (χ0) is 21.6. The molecule has 2 heterocycles. The van der Waals surface area contributed by atoms with Gasteiger partial charge in [-0.3, -0.25) is 9.36 Å². The van der Waals surface area contributed by atoms with Crippen LogP contribution in [0, 0.1) is 0 Å². The molecule has 0 atom stereocenters. The third kappa shape index (κ3) is 5.54. The van der Waals surface area contributed by atoms with Gasteiger partial charge in [0.2, 0.25) is 0 Å². The molecule has 4 rings (SSSR count). The summed E-state index contributed by atoms with van der Waals surface area (Å²) < 4.78 is 6.92. The van der Waals surface area contributed by atoms with Crippen LogP contribution in [0.2, 0.25) is 5.02 Å². The van der Waals surface area contributed by atoms with Crippen molar-refractivity contribution in [3.05, 3.63) is 85.6 Å². The van der Waals surface area contributed by atoms with Gasteiger partial charge in [0, 0.05) is 42.8 Å². The summed E-state index contributed by atoms with van der Waals surface area (Å²) in [6, 6.07) is 15.3. The van der Waals surface area contributed by atoms with Gasteiger partial charge in [0.15, 0.2) is 5.16 Å². The van der Waals surface area contributed by atoms with Gasteiger partial charge in [0.1, 0.15) is 0 Å². The molecule has 4 aromatic rings. The minimum atomic E-state index is -0.00842. The molecule has 0 aliphatic rings. The van der Waals surface area contributed by atoms with Gasteiger partial charge in [-0.25, -0.2) is 9.97 Å². The van der Waals surface area contributed by atoms with Crippen molar-refractivity contribution in [3.8, 4) is 0 Å². The minimum absolute atomic E-state index is 0.00842. The number of hydrogen-bond donors (Lipinski definition) is 0. The smallest absolute Gasteiger partial charge is 0.262 e. The molecule has 8 heteroatoms. The van der Waals surface area contributed by atoms with Crippen molar-refractivity contribution in [2.24, 2.45) is 0 Å². The van der Waals surface area contributed by atoms with E-state index < -0.39 is 0 Å². The fourth-order valence-corrected chi connectivity index (χ4v) is 5.21. The molecule has 5 nitrogen and oxygen atoms in total. The number of fused-ring (bicyclic) bond motifs is 1. The summed E-state index contributed by atoms with van der Waals surface area (Å²) >= 11 is 9.16. The van der Waals surface area contributed by atoms with E-state index in [9.17, 15) is 4.79 Å². The van der Waals surface area contributed by atoms with Gasteiger partial charge in [-0.2, -0.15) is 0 Å². The van der Waals surface area contributed by atoms with E-state index in [4.69, 9.17) is 26.3 Å². The van der Waals surface area contributed by atoms with Crippen LogP contribution in [0.25, 0.3) is 10.9 Å². The zero-order valence-electron chi connectivity index (χ0n) is 17.1. The normalized spacial score (nSPS) is 11.3. The lowest BCUT2D eigenvalue weighted by Crippen LogP contribution is -2.24. The Morgan fingerprint density at radius 1 is 1.13 bits per heavy atom. The summed E-state index contributed by atoms with van der Waals surface area (Å²) in [6.45, 7) is 1.18. The van der Waals surface area contributed by atoms with E-state index in [1.807, 2.05) is 48.5 Å². The number of rotatable bonds is 9. The van der Waals surface area contributed by atoms with Crippen LogP contribution >= 0.6 is 34.7 Å². The van der Waals surface area contributed by atoms with Gasteiger partial charge in [-0.15, -0.1) is 11.3 Å². The van der Waals surface area contributed by atoms with Crippen molar-refractivity contribution in [3.63, 3.8) is 0 Å². The van der Waals surface area contributed by atoms with Gasteiger partial charge >= 0.3 is 0 Å². The number of halogens is 1. The quantitative estimate of drug-likeness (QED) is 0.185. The number of aromatic nitrogens is 3. The van der Waals surface area contributed by atoms with E-state index >= 15 is 0 Å². The Balaban J connectivity index is 1.51. The van der Waals surface area contributed by atoms with Crippen LogP contribution in [0.4, 0.5) is 0 Å².